The Bertz CT molecular complexity index is 480. The van der Waals surface area contributed by atoms with Crippen LogP contribution in [0, 0.1) is 12.8 Å². The van der Waals surface area contributed by atoms with Gasteiger partial charge in [0.25, 0.3) is 0 Å². The van der Waals surface area contributed by atoms with Crippen molar-refractivity contribution in [2.24, 2.45) is 5.92 Å². The second kappa shape index (κ2) is 4.72. The molecule has 1 aliphatic rings. The Morgan fingerprint density at radius 2 is 2.17 bits per heavy atom. The zero-order valence-corrected chi connectivity index (χ0v) is 11.5. The van der Waals surface area contributed by atoms with E-state index in [1.165, 1.54) is 0 Å². The first-order valence-electron chi connectivity index (χ1n) is 6.02. The molecule has 1 aromatic rings. The smallest absolute Gasteiger partial charge is 0.309 e. The van der Waals surface area contributed by atoms with Gasteiger partial charge in [0.2, 0.25) is 5.91 Å². The van der Waals surface area contributed by atoms with Crippen molar-refractivity contribution in [2.75, 3.05) is 0 Å². The summed E-state index contributed by atoms with van der Waals surface area (Å²) < 4.78 is 0. The third-order valence-corrected chi connectivity index (χ3v) is 4.36. The zero-order chi connectivity index (χ0) is 13.4. The van der Waals surface area contributed by atoms with E-state index >= 15 is 0 Å². The fourth-order valence-corrected chi connectivity index (χ4v) is 3.58. The predicted octanol–water partition coefficient (Wildman–Crippen LogP) is 2.44. The first-order valence-corrected chi connectivity index (χ1v) is 6.83. The lowest BCUT2D eigenvalue weighted by Crippen LogP contribution is -2.35. The lowest BCUT2D eigenvalue weighted by atomic mass is 9.99. The van der Waals surface area contributed by atoms with Crippen LogP contribution in [0.15, 0.2) is 12.1 Å². The summed E-state index contributed by atoms with van der Waals surface area (Å²) in [4.78, 5) is 27.1. The Morgan fingerprint density at radius 3 is 2.61 bits per heavy atom. The minimum Gasteiger partial charge on any atom is -0.481 e. The quantitative estimate of drug-likeness (QED) is 0.915. The van der Waals surface area contributed by atoms with Gasteiger partial charge in [0.05, 0.1) is 12.0 Å². The zero-order valence-electron chi connectivity index (χ0n) is 10.7. The van der Waals surface area contributed by atoms with Gasteiger partial charge in [0.15, 0.2) is 0 Å². The maximum atomic E-state index is 12.0. The highest BCUT2D eigenvalue weighted by Crippen LogP contribution is 2.42. The molecule has 2 atom stereocenters. The van der Waals surface area contributed by atoms with E-state index in [1.807, 2.05) is 32.9 Å². The number of carboxylic acid groups (broad SMARTS) is 1. The summed E-state index contributed by atoms with van der Waals surface area (Å²) in [6, 6.07) is 3.62. The van der Waals surface area contributed by atoms with Gasteiger partial charge in [-0.15, -0.1) is 11.3 Å². The van der Waals surface area contributed by atoms with Crippen molar-refractivity contribution in [1.82, 2.24) is 4.90 Å². The van der Waals surface area contributed by atoms with Gasteiger partial charge in [-0.1, -0.05) is 0 Å². The summed E-state index contributed by atoms with van der Waals surface area (Å²) in [5, 5.41) is 9.29. The number of hydrogen-bond acceptors (Lipinski definition) is 3. The topological polar surface area (TPSA) is 57.6 Å². The molecule has 2 rings (SSSR count). The molecule has 1 N–H and O–H groups in total. The Balaban J connectivity index is 2.42. The van der Waals surface area contributed by atoms with E-state index in [2.05, 4.69) is 0 Å². The molecule has 1 saturated heterocycles. The van der Waals surface area contributed by atoms with E-state index < -0.39 is 11.9 Å². The molecule has 0 radical (unpaired) electrons. The van der Waals surface area contributed by atoms with Gasteiger partial charge in [-0.2, -0.15) is 0 Å². The molecule has 0 bridgehead atoms. The Morgan fingerprint density at radius 1 is 1.50 bits per heavy atom. The molecule has 18 heavy (non-hydrogen) atoms. The largest absolute Gasteiger partial charge is 0.481 e. The highest BCUT2D eigenvalue weighted by atomic mass is 32.1. The minimum atomic E-state index is -0.887. The van der Waals surface area contributed by atoms with Crippen LogP contribution in [0.25, 0.3) is 0 Å². The van der Waals surface area contributed by atoms with Gasteiger partial charge in [0, 0.05) is 22.2 Å². The monoisotopic (exact) mass is 267 g/mol. The van der Waals surface area contributed by atoms with Crippen LogP contribution in [0.4, 0.5) is 0 Å². The van der Waals surface area contributed by atoms with E-state index in [1.54, 1.807) is 16.2 Å². The number of amides is 1. The first kappa shape index (κ1) is 13.1. The standard InChI is InChI=1S/C13H17NO3S/c1-7(2)14-11(15)6-9(13(16)17)12(14)10-5-4-8(3)18-10/h4-5,7,9,12H,6H2,1-3H3,(H,16,17). The number of thiophene rings is 1. The third-order valence-electron chi connectivity index (χ3n) is 3.29. The molecule has 98 valence electrons. The van der Waals surface area contributed by atoms with Crippen LogP contribution in [0.3, 0.4) is 0 Å². The molecule has 2 heterocycles. The van der Waals surface area contributed by atoms with Crippen LogP contribution in [0.5, 0.6) is 0 Å². The van der Waals surface area contributed by atoms with Crippen molar-refractivity contribution in [1.29, 1.82) is 0 Å². The molecule has 1 fully saturated rings. The second-order valence-corrected chi connectivity index (χ2v) is 6.26. The van der Waals surface area contributed by atoms with Crippen molar-refractivity contribution < 1.29 is 14.7 Å². The van der Waals surface area contributed by atoms with Crippen molar-refractivity contribution in [3.8, 4) is 0 Å². The number of rotatable bonds is 3. The van der Waals surface area contributed by atoms with Crippen molar-refractivity contribution >= 4 is 23.2 Å². The molecule has 4 nitrogen and oxygen atoms in total. The van der Waals surface area contributed by atoms with E-state index in [0.29, 0.717) is 0 Å². The lowest BCUT2D eigenvalue weighted by Gasteiger charge is -2.29. The molecule has 5 heteroatoms. The van der Waals surface area contributed by atoms with E-state index in [9.17, 15) is 14.7 Å². The molecule has 1 amide bonds. The SMILES string of the molecule is Cc1ccc(C2C(C(=O)O)CC(=O)N2C(C)C)s1. The van der Waals surface area contributed by atoms with Gasteiger partial charge in [-0.05, 0) is 32.9 Å². The van der Waals surface area contributed by atoms with E-state index in [0.717, 1.165) is 9.75 Å². The summed E-state index contributed by atoms with van der Waals surface area (Å²) >= 11 is 1.57. The van der Waals surface area contributed by atoms with Gasteiger partial charge >= 0.3 is 5.97 Å². The summed E-state index contributed by atoms with van der Waals surface area (Å²) in [5.74, 6) is -1.58. The average molecular weight is 267 g/mol. The summed E-state index contributed by atoms with van der Waals surface area (Å²) in [6.45, 7) is 5.84. The first-order chi connectivity index (χ1) is 8.41. The Hall–Kier alpha value is -1.36. The third kappa shape index (κ3) is 2.14. The predicted molar refractivity (Wildman–Crippen MR) is 69.5 cm³/mol. The van der Waals surface area contributed by atoms with Crippen LogP contribution in [-0.4, -0.2) is 27.9 Å². The van der Waals surface area contributed by atoms with Crippen molar-refractivity contribution in [3.63, 3.8) is 0 Å². The van der Waals surface area contributed by atoms with Crippen LogP contribution in [0.1, 0.15) is 36.1 Å². The number of likely N-dealkylation sites (tertiary alicyclic amines) is 1. The van der Waals surface area contributed by atoms with Gasteiger partial charge in [0.1, 0.15) is 0 Å². The number of nitrogens with zero attached hydrogens (tertiary/aromatic N) is 1. The molecule has 0 saturated carbocycles. The highest BCUT2D eigenvalue weighted by Gasteiger charge is 2.46. The Kier molecular flexibility index (Phi) is 3.43. The normalized spacial score (nSPS) is 24.0. The highest BCUT2D eigenvalue weighted by molar-refractivity contribution is 7.12. The maximum absolute atomic E-state index is 12.0. The molecular weight excluding hydrogens is 250 g/mol. The van der Waals surface area contributed by atoms with Crippen molar-refractivity contribution in [3.05, 3.63) is 21.9 Å². The maximum Gasteiger partial charge on any atom is 0.309 e. The molecule has 1 aliphatic heterocycles. The summed E-state index contributed by atoms with van der Waals surface area (Å²) in [6.07, 6.45) is 0.106. The fourth-order valence-electron chi connectivity index (χ4n) is 2.53. The fraction of sp³-hybridized carbons (Fsp3) is 0.538. The van der Waals surface area contributed by atoms with Crippen LogP contribution in [-0.2, 0) is 9.59 Å². The van der Waals surface area contributed by atoms with Gasteiger partial charge in [-0.25, -0.2) is 0 Å². The van der Waals surface area contributed by atoms with Gasteiger partial charge in [-0.3, -0.25) is 9.59 Å². The molecule has 0 aliphatic carbocycles. The van der Waals surface area contributed by atoms with Crippen LogP contribution < -0.4 is 0 Å². The number of aryl methyl sites for hydroxylation is 1. The molecule has 2 unspecified atom stereocenters. The summed E-state index contributed by atoms with van der Waals surface area (Å²) in [7, 11) is 0. The molecule has 0 aromatic carbocycles. The number of hydrogen-bond donors (Lipinski definition) is 1. The van der Waals surface area contributed by atoms with Crippen LogP contribution >= 0.6 is 11.3 Å². The van der Waals surface area contributed by atoms with Gasteiger partial charge < -0.3 is 10.0 Å². The summed E-state index contributed by atoms with van der Waals surface area (Å²) in [5.41, 5.74) is 0. The molecule has 0 spiro atoms. The number of carbonyl (C=O) groups is 2. The number of carboxylic acids is 1. The minimum absolute atomic E-state index is 0.0225. The van der Waals surface area contributed by atoms with E-state index in [4.69, 9.17) is 0 Å². The molecular formula is C13H17NO3S. The second-order valence-electron chi connectivity index (χ2n) is 4.94. The average Bonchev–Trinajstić information content (AvgIpc) is 2.81. The van der Waals surface area contributed by atoms with Crippen LogP contribution in [0.2, 0.25) is 0 Å². The van der Waals surface area contributed by atoms with E-state index in [-0.39, 0.29) is 24.4 Å². The number of carbonyl (C=O) groups excluding carboxylic acids is 1. The molecule has 1 aromatic heterocycles. The number of aliphatic carboxylic acids is 1. The lowest BCUT2D eigenvalue weighted by molar-refractivity contribution is -0.142. The van der Waals surface area contributed by atoms with Crippen molar-refractivity contribution in [2.45, 2.75) is 39.3 Å². The Labute approximate surface area is 110 Å².